The van der Waals surface area contributed by atoms with Gasteiger partial charge in [-0.1, -0.05) is 40.9 Å². The summed E-state index contributed by atoms with van der Waals surface area (Å²) >= 11 is 31.5. The van der Waals surface area contributed by atoms with E-state index >= 15 is 0 Å². The second kappa shape index (κ2) is 11.5. The Kier molecular flexibility index (Phi) is 7.97. The SMILES string of the molecule is O=C(Cc1ccc2c(c1)C(=O)N(c1ccc(F)cc1)C2=O)c1cc(NC(=O)C2C(c3cc(Cl)cc(Cl)c3)C2(Cl)Cl)ccc1Cl. The molecule has 1 saturated carbocycles. The topological polar surface area (TPSA) is 83.6 Å². The van der Waals surface area contributed by atoms with Gasteiger partial charge in [0.25, 0.3) is 11.8 Å². The van der Waals surface area contributed by atoms with Gasteiger partial charge in [-0.25, -0.2) is 9.29 Å². The van der Waals surface area contributed by atoms with E-state index in [9.17, 15) is 23.6 Å². The number of hydrogen-bond donors (Lipinski definition) is 1. The fraction of sp³-hybridized carbons (Fsp3) is 0.125. The number of hydrogen-bond acceptors (Lipinski definition) is 4. The van der Waals surface area contributed by atoms with Crippen LogP contribution in [-0.4, -0.2) is 27.8 Å². The standard InChI is InChI=1S/C32H18Cl5FN2O4/c33-17-11-16(12-18(34)13-17)27-28(32(27,36)37)29(42)39-20-4-8-25(35)24(14-20)26(41)10-15-1-7-22-23(9-15)31(44)40(30(22)43)21-5-2-19(38)3-6-21/h1-9,11-14,27-28H,10H2,(H,39,42). The zero-order chi connectivity index (χ0) is 31.5. The molecule has 1 heterocycles. The van der Waals surface area contributed by atoms with Gasteiger partial charge in [0, 0.05) is 33.6 Å². The highest BCUT2D eigenvalue weighted by molar-refractivity contribution is 6.53. The van der Waals surface area contributed by atoms with E-state index in [2.05, 4.69) is 5.32 Å². The number of halogens is 6. The molecule has 4 aromatic carbocycles. The minimum absolute atomic E-state index is 0.127. The lowest BCUT2D eigenvalue weighted by molar-refractivity contribution is -0.117. The molecular formula is C32H18Cl5FN2O4. The number of alkyl halides is 2. The molecule has 12 heteroatoms. The van der Waals surface area contributed by atoms with Crippen LogP contribution in [-0.2, 0) is 11.2 Å². The first kappa shape index (κ1) is 30.6. The fourth-order valence-electron chi connectivity index (χ4n) is 5.36. The first-order chi connectivity index (χ1) is 20.8. The third kappa shape index (κ3) is 5.59. The van der Waals surface area contributed by atoms with E-state index in [4.69, 9.17) is 58.0 Å². The molecule has 1 N–H and O–H groups in total. The first-order valence-electron chi connectivity index (χ1n) is 13.1. The first-order valence-corrected chi connectivity index (χ1v) is 15.0. The van der Waals surface area contributed by atoms with Crippen LogP contribution in [0.15, 0.2) is 78.9 Å². The third-order valence-corrected chi connectivity index (χ3v) is 9.22. The van der Waals surface area contributed by atoms with E-state index in [0.29, 0.717) is 26.9 Å². The van der Waals surface area contributed by atoms with Gasteiger partial charge in [-0.15, -0.1) is 23.2 Å². The average molecular weight is 691 g/mol. The van der Waals surface area contributed by atoms with Crippen molar-refractivity contribution in [3.63, 3.8) is 0 Å². The molecule has 0 aromatic heterocycles. The molecule has 44 heavy (non-hydrogen) atoms. The summed E-state index contributed by atoms with van der Waals surface area (Å²) in [6.07, 6.45) is -0.144. The largest absolute Gasteiger partial charge is 0.326 e. The molecule has 0 radical (unpaired) electrons. The quantitative estimate of drug-likeness (QED) is 0.120. The highest BCUT2D eigenvalue weighted by Gasteiger charge is 2.67. The highest BCUT2D eigenvalue weighted by atomic mass is 35.5. The van der Waals surface area contributed by atoms with Crippen molar-refractivity contribution in [2.75, 3.05) is 10.2 Å². The van der Waals surface area contributed by atoms with Crippen molar-refractivity contribution in [1.29, 1.82) is 0 Å². The number of amides is 3. The van der Waals surface area contributed by atoms with Crippen LogP contribution in [0.25, 0.3) is 0 Å². The molecule has 2 unspecified atom stereocenters. The van der Waals surface area contributed by atoms with Crippen molar-refractivity contribution in [3.05, 3.63) is 128 Å². The van der Waals surface area contributed by atoms with Gasteiger partial charge in [0.1, 0.15) is 10.2 Å². The van der Waals surface area contributed by atoms with Gasteiger partial charge < -0.3 is 5.32 Å². The lowest BCUT2D eigenvalue weighted by Gasteiger charge is -2.13. The smallest absolute Gasteiger partial charge is 0.266 e. The molecule has 0 saturated heterocycles. The summed E-state index contributed by atoms with van der Waals surface area (Å²) in [7, 11) is 0. The van der Waals surface area contributed by atoms with Gasteiger partial charge in [0.2, 0.25) is 5.91 Å². The van der Waals surface area contributed by atoms with E-state index in [1.807, 2.05) is 0 Å². The number of carbonyl (C=O) groups is 4. The Bertz CT molecular complexity index is 1880. The lowest BCUT2D eigenvalue weighted by Crippen LogP contribution is -2.29. The molecule has 4 aromatic rings. The number of Topliss-reactive ketones (excluding diaryl/α,β-unsaturated/α-hetero) is 1. The van der Waals surface area contributed by atoms with Crippen molar-refractivity contribution in [2.45, 2.75) is 16.7 Å². The van der Waals surface area contributed by atoms with Crippen molar-refractivity contribution >= 4 is 92.9 Å². The molecule has 3 amide bonds. The molecule has 0 bridgehead atoms. The predicted octanol–water partition coefficient (Wildman–Crippen LogP) is 8.54. The van der Waals surface area contributed by atoms with Crippen LogP contribution in [0.5, 0.6) is 0 Å². The summed E-state index contributed by atoms with van der Waals surface area (Å²) in [5.41, 5.74) is 2.05. The number of rotatable bonds is 7. The maximum atomic E-state index is 13.4. The highest BCUT2D eigenvalue weighted by Crippen LogP contribution is 2.65. The number of fused-ring (bicyclic) bond motifs is 1. The molecule has 6 rings (SSSR count). The number of ketones is 1. The van der Waals surface area contributed by atoms with Crippen molar-refractivity contribution < 1.29 is 23.6 Å². The van der Waals surface area contributed by atoms with Crippen LogP contribution in [0.1, 0.15) is 48.1 Å². The summed E-state index contributed by atoms with van der Waals surface area (Å²) in [5.74, 6) is -3.85. The Morgan fingerprint density at radius 3 is 2.16 bits per heavy atom. The molecule has 6 nitrogen and oxygen atoms in total. The summed E-state index contributed by atoms with van der Waals surface area (Å²) in [6, 6.07) is 18.8. The maximum Gasteiger partial charge on any atom is 0.266 e. The van der Waals surface area contributed by atoms with E-state index in [0.717, 1.165) is 17.0 Å². The van der Waals surface area contributed by atoms with Crippen molar-refractivity contribution in [3.8, 4) is 0 Å². The number of anilines is 2. The second-order valence-electron chi connectivity index (χ2n) is 10.4. The normalized spacial score (nSPS) is 18.3. The van der Waals surface area contributed by atoms with Gasteiger partial charge >= 0.3 is 0 Å². The lowest BCUT2D eigenvalue weighted by atomic mass is 9.99. The van der Waals surface area contributed by atoms with Crippen LogP contribution in [0.2, 0.25) is 15.1 Å². The molecular weight excluding hydrogens is 673 g/mol. The third-order valence-electron chi connectivity index (χ3n) is 7.51. The van der Waals surface area contributed by atoms with Gasteiger partial charge in [0.15, 0.2) is 5.78 Å². The van der Waals surface area contributed by atoms with E-state index in [-0.39, 0.29) is 39.6 Å². The molecule has 1 aliphatic heterocycles. The molecule has 222 valence electrons. The molecule has 1 fully saturated rings. The summed E-state index contributed by atoms with van der Waals surface area (Å²) in [5, 5.41) is 3.67. The van der Waals surface area contributed by atoms with Gasteiger partial charge in [-0.3, -0.25) is 19.2 Å². The van der Waals surface area contributed by atoms with Crippen LogP contribution < -0.4 is 10.2 Å². The minimum Gasteiger partial charge on any atom is -0.326 e. The van der Waals surface area contributed by atoms with Crippen molar-refractivity contribution in [2.24, 2.45) is 5.92 Å². The average Bonchev–Trinajstić information content (AvgIpc) is 3.47. The molecule has 2 atom stereocenters. The van der Waals surface area contributed by atoms with Crippen LogP contribution in [0, 0.1) is 11.7 Å². The van der Waals surface area contributed by atoms with Crippen LogP contribution >= 0.6 is 58.0 Å². The summed E-state index contributed by atoms with van der Waals surface area (Å²) < 4.78 is 12.0. The van der Waals surface area contributed by atoms with Gasteiger partial charge in [0.05, 0.1) is 27.8 Å². The zero-order valence-electron chi connectivity index (χ0n) is 22.2. The Morgan fingerprint density at radius 2 is 1.48 bits per heavy atom. The van der Waals surface area contributed by atoms with E-state index < -0.39 is 39.7 Å². The molecule has 0 spiro atoms. The summed E-state index contributed by atoms with van der Waals surface area (Å²) in [4.78, 5) is 53.4. The van der Waals surface area contributed by atoms with E-state index in [1.54, 1.807) is 30.3 Å². The zero-order valence-corrected chi connectivity index (χ0v) is 26.0. The fourth-order valence-corrected chi connectivity index (χ4v) is 6.96. The molecule has 1 aliphatic carbocycles. The van der Waals surface area contributed by atoms with Gasteiger partial charge in [-0.2, -0.15) is 0 Å². The monoisotopic (exact) mass is 688 g/mol. The van der Waals surface area contributed by atoms with E-state index in [1.165, 1.54) is 36.4 Å². The molecule has 2 aliphatic rings. The van der Waals surface area contributed by atoms with Crippen molar-refractivity contribution in [1.82, 2.24) is 0 Å². The number of imide groups is 1. The number of benzene rings is 4. The maximum absolute atomic E-state index is 13.4. The Labute approximate surface area is 275 Å². The Balaban J connectivity index is 1.18. The van der Waals surface area contributed by atoms with Gasteiger partial charge in [-0.05, 0) is 83.9 Å². The second-order valence-corrected chi connectivity index (χ2v) is 13.1. The number of carbonyl (C=O) groups excluding carboxylic acids is 4. The Hall–Kier alpha value is -3.46. The van der Waals surface area contributed by atoms with Crippen LogP contribution in [0.4, 0.5) is 15.8 Å². The predicted molar refractivity (Wildman–Crippen MR) is 169 cm³/mol. The number of nitrogens with one attached hydrogen (secondary N) is 1. The minimum atomic E-state index is -1.39. The Morgan fingerprint density at radius 1 is 0.818 bits per heavy atom. The summed E-state index contributed by atoms with van der Waals surface area (Å²) in [6.45, 7) is 0. The number of nitrogens with zero attached hydrogens (tertiary/aromatic N) is 1. The van der Waals surface area contributed by atoms with Crippen LogP contribution in [0.3, 0.4) is 0 Å².